The Labute approximate surface area is 104 Å². The van der Waals surface area contributed by atoms with Crippen LogP contribution in [0.15, 0.2) is 18.3 Å². The van der Waals surface area contributed by atoms with Crippen LogP contribution in [0.5, 0.6) is 0 Å². The van der Waals surface area contributed by atoms with Crippen molar-refractivity contribution in [2.24, 2.45) is 5.92 Å². The minimum Gasteiger partial charge on any atom is -0.465 e. The molecular formula is C12H13N3O3. The molecule has 1 heterocycles. The van der Waals surface area contributed by atoms with Crippen molar-refractivity contribution in [3.63, 3.8) is 0 Å². The lowest BCUT2D eigenvalue weighted by molar-refractivity contribution is -0.145. The average Bonchev–Trinajstić information content (AvgIpc) is 2.35. The number of hydrogen-bond donors (Lipinski definition) is 1. The highest BCUT2D eigenvalue weighted by atomic mass is 16.5. The molecule has 0 spiro atoms. The maximum atomic E-state index is 11.8. The number of aromatic nitrogens is 1. The number of esters is 1. The second-order valence-corrected chi connectivity index (χ2v) is 3.53. The van der Waals surface area contributed by atoms with Gasteiger partial charge in [0.2, 0.25) is 0 Å². The minimum atomic E-state index is -1.09. The lowest BCUT2D eigenvalue weighted by Crippen LogP contribution is -2.19. The van der Waals surface area contributed by atoms with E-state index in [1.807, 2.05) is 0 Å². The van der Waals surface area contributed by atoms with E-state index < -0.39 is 11.9 Å². The van der Waals surface area contributed by atoms with Crippen LogP contribution in [0.2, 0.25) is 0 Å². The highest BCUT2D eigenvalue weighted by molar-refractivity contribution is 5.99. The highest BCUT2D eigenvalue weighted by Gasteiger charge is 2.23. The third-order valence-corrected chi connectivity index (χ3v) is 2.22. The van der Waals surface area contributed by atoms with E-state index in [1.54, 1.807) is 13.0 Å². The molecular weight excluding hydrogens is 234 g/mol. The number of nitrogens with zero attached hydrogens (tertiary/aromatic N) is 2. The molecule has 1 aromatic rings. The monoisotopic (exact) mass is 247 g/mol. The fourth-order valence-corrected chi connectivity index (χ4v) is 1.35. The second kappa shape index (κ2) is 6.35. The van der Waals surface area contributed by atoms with Gasteiger partial charge in [-0.2, -0.15) is 5.26 Å². The molecule has 1 unspecified atom stereocenters. The van der Waals surface area contributed by atoms with Gasteiger partial charge in [-0.3, -0.25) is 9.59 Å². The van der Waals surface area contributed by atoms with Crippen molar-refractivity contribution in [1.82, 2.24) is 4.98 Å². The van der Waals surface area contributed by atoms with Gasteiger partial charge in [0.1, 0.15) is 5.82 Å². The molecule has 6 nitrogen and oxygen atoms in total. The second-order valence-electron chi connectivity index (χ2n) is 3.53. The molecule has 1 aromatic heterocycles. The van der Waals surface area contributed by atoms with Gasteiger partial charge in [0.25, 0.3) is 0 Å². The molecule has 0 radical (unpaired) electrons. The summed E-state index contributed by atoms with van der Waals surface area (Å²) < 4.78 is 4.70. The molecule has 0 aliphatic carbocycles. The van der Waals surface area contributed by atoms with Crippen LogP contribution in [0, 0.1) is 17.2 Å². The predicted octanol–water partition coefficient (Wildman–Crippen LogP) is 0.939. The van der Waals surface area contributed by atoms with Crippen LogP contribution in [-0.2, 0) is 9.53 Å². The van der Waals surface area contributed by atoms with Gasteiger partial charge >= 0.3 is 5.97 Å². The van der Waals surface area contributed by atoms with E-state index >= 15 is 0 Å². The first-order valence-corrected chi connectivity index (χ1v) is 5.39. The van der Waals surface area contributed by atoms with Crippen LogP contribution in [0.1, 0.15) is 23.7 Å². The zero-order valence-corrected chi connectivity index (χ0v) is 9.92. The molecule has 2 N–H and O–H groups in total. The quantitative estimate of drug-likeness (QED) is 0.613. The van der Waals surface area contributed by atoms with Crippen LogP contribution < -0.4 is 5.73 Å². The van der Waals surface area contributed by atoms with Gasteiger partial charge in [0, 0.05) is 18.2 Å². The Balaban J connectivity index is 2.74. The first-order chi connectivity index (χ1) is 8.58. The number of Topliss-reactive ketones (excluding diaryl/α,β-unsaturated/α-hetero) is 1. The highest BCUT2D eigenvalue weighted by Crippen LogP contribution is 2.12. The minimum absolute atomic E-state index is 0.174. The maximum Gasteiger partial charge on any atom is 0.323 e. The van der Waals surface area contributed by atoms with Gasteiger partial charge in [0.05, 0.1) is 12.7 Å². The number of pyridine rings is 1. The summed E-state index contributed by atoms with van der Waals surface area (Å²) in [5.41, 5.74) is 5.77. The van der Waals surface area contributed by atoms with E-state index in [9.17, 15) is 9.59 Å². The zero-order valence-electron chi connectivity index (χ0n) is 9.92. The average molecular weight is 247 g/mol. The Morgan fingerprint density at radius 3 is 2.89 bits per heavy atom. The molecule has 6 heteroatoms. The number of nitrogens with two attached hydrogens (primary N) is 1. The van der Waals surface area contributed by atoms with Crippen molar-refractivity contribution in [2.75, 3.05) is 12.3 Å². The lowest BCUT2D eigenvalue weighted by Gasteiger charge is -2.07. The SMILES string of the molecule is CCOC(=O)C(C#N)CC(=O)c1ccnc(N)c1. The van der Waals surface area contributed by atoms with Gasteiger partial charge in [-0.25, -0.2) is 4.98 Å². The summed E-state index contributed by atoms with van der Waals surface area (Å²) in [6.07, 6.45) is 1.17. The Bertz CT molecular complexity index is 494. The van der Waals surface area contributed by atoms with E-state index in [-0.39, 0.29) is 24.6 Å². The summed E-state index contributed by atoms with van der Waals surface area (Å²) in [6, 6.07) is 4.65. The number of rotatable bonds is 5. The predicted molar refractivity (Wildman–Crippen MR) is 63.3 cm³/mol. The van der Waals surface area contributed by atoms with Gasteiger partial charge < -0.3 is 10.5 Å². The summed E-state index contributed by atoms with van der Waals surface area (Å²) >= 11 is 0. The van der Waals surface area contributed by atoms with Crippen LogP contribution in [0.4, 0.5) is 5.82 Å². The molecule has 0 saturated heterocycles. The number of nitriles is 1. The summed E-state index contributed by atoms with van der Waals surface area (Å²) in [4.78, 5) is 27.0. The van der Waals surface area contributed by atoms with Crippen molar-refractivity contribution in [2.45, 2.75) is 13.3 Å². The molecule has 1 atom stereocenters. The summed E-state index contributed by atoms with van der Waals surface area (Å²) in [6.45, 7) is 1.81. The molecule has 0 saturated carbocycles. The van der Waals surface area contributed by atoms with Crippen molar-refractivity contribution in [3.05, 3.63) is 23.9 Å². The molecule has 0 amide bonds. The van der Waals surface area contributed by atoms with Crippen LogP contribution in [0.3, 0.4) is 0 Å². The van der Waals surface area contributed by atoms with Crippen LogP contribution in [-0.4, -0.2) is 23.3 Å². The van der Waals surface area contributed by atoms with Gasteiger partial charge in [0.15, 0.2) is 11.7 Å². The van der Waals surface area contributed by atoms with Gasteiger partial charge in [-0.15, -0.1) is 0 Å². The maximum absolute atomic E-state index is 11.8. The van der Waals surface area contributed by atoms with Crippen molar-refractivity contribution >= 4 is 17.6 Å². The number of carbonyl (C=O) groups excluding carboxylic acids is 2. The molecule has 0 bridgehead atoms. The first-order valence-electron chi connectivity index (χ1n) is 5.39. The zero-order chi connectivity index (χ0) is 13.5. The third kappa shape index (κ3) is 3.56. The fourth-order valence-electron chi connectivity index (χ4n) is 1.35. The van der Waals surface area contributed by atoms with E-state index in [4.69, 9.17) is 15.7 Å². The van der Waals surface area contributed by atoms with E-state index in [1.165, 1.54) is 18.3 Å². The normalized spacial score (nSPS) is 11.3. The van der Waals surface area contributed by atoms with Crippen LogP contribution >= 0.6 is 0 Å². The van der Waals surface area contributed by atoms with Crippen molar-refractivity contribution in [1.29, 1.82) is 5.26 Å². The topological polar surface area (TPSA) is 106 Å². The Morgan fingerprint density at radius 2 is 2.33 bits per heavy atom. The summed E-state index contributed by atoms with van der Waals surface area (Å²) in [7, 11) is 0. The standard InChI is InChI=1S/C12H13N3O3/c1-2-18-12(17)9(7-13)5-10(16)8-3-4-15-11(14)6-8/h3-4,6,9H,2,5H2,1H3,(H2,14,15). The first kappa shape index (κ1) is 13.6. The third-order valence-electron chi connectivity index (χ3n) is 2.22. The number of anilines is 1. The van der Waals surface area contributed by atoms with E-state index in [0.717, 1.165) is 0 Å². The van der Waals surface area contributed by atoms with Crippen LogP contribution in [0.25, 0.3) is 0 Å². The lowest BCUT2D eigenvalue weighted by atomic mass is 10.00. The number of ether oxygens (including phenoxy) is 1. The summed E-state index contributed by atoms with van der Waals surface area (Å²) in [5, 5.41) is 8.83. The Hall–Kier alpha value is -2.42. The molecule has 0 aliphatic heterocycles. The fraction of sp³-hybridized carbons (Fsp3) is 0.333. The molecule has 1 rings (SSSR count). The molecule has 0 aromatic carbocycles. The largest absolute Gasteiger partial charge is 0.465 e. The summed E-state index contributed by atoms with van der Waals surface area (Å²) in [5.74, 6) is -1.91. The molecule has 0 fully saturated rings. The number of carbonyl (C=O) groups is 2. The van der Waals surface area contributed by atoms with Gasteiger partial charge in [-0.1, -0.05) is 0 Å². The molecule has 0 aliphatic rings. The number of hydrogen-bond acceptors (Lipinski definition) is 6. The Kier molecular flexibility index (Phi) is 4.81. The molecule has 94 valence electrons. The Morgan fingerprint density at radius 1 is 1.61 bits per heavy atom. The van der Waals surface area contributed by atoms with E-state index in [0.29, 0.717) is 5.56 Å². The number of ketones is 1. The van der Waals surface area contributed by atoms with E-state index in [2.05, 4.69) is 4.98 Å². The molecule has 18 heavy (non-hydrogen) atoms. The van der Waals surface area contributed by atoms with Crippen molar-refractivity contribution < 1.29 is 14.3 Å². The smallest absolute Gasteiger partial charge is 0.323 e. The van der Waals surface area contributed by atoms with Gasteiger partial charge in [-0.05, 0) is 19.1 Å². The number of nitrogen functional groups attached to an aromatic ring is 1. The van der Waals surface area contributed by atoms with Crippen molar-refractivity contribution in [3.8, 4) is 6.07 Å².